The fourth-order valence-electron chi connectivity index (χ4n) is 2.34. The van der Waals surface area contributed by atoms with Crippen LogP contribution in [0.2, 0.25) is 0 Å². The van der Waals surface area contributed by atoms with Gasteiger partial charge in [-0.3, -0.25) is 14.6 Å². The summed E-state index contributed by atoms with van der Waals surface area (Å²) in [5.74, 6) is 0.221. The van der Waals surface area contributed by atoms with Gasteiger partial charge in [-0.05, 0) is 42.5 Å². The topological polar surface area (TPSA) is 109 Å². The molecule has 0 aliphatic carbocycles. The number of nitrogens with one attached hydrogen (secondary N) is 3. The summed E-state index contributed by atoms with van der Waals surface area (Å²) in [5, 5.41) is 9.38. The number of anilines is 1. The van der Waals surface area contributed by atoms with E-state index in [0.29, 0.717) is 21.8 Å². The number of hydrogen-bond donors (Lipinski definition) is 3. The average Bonchev–Trinajstić information content (AvgIpc) is 2.98. The number of carbonyl (C=O) groups excluding carboxylic acids is 1. The lowest BCUT2D eigenvalue weighted by Gasteiger charge is -2.10. The minimum Gasteiger partial charge on any atom is -0.345 e. The van der Waals surface area contributed by atoms with Crippen LogP contribution in [0.4, 0.5) is 5.69 Å². The zero-order valence-electron chi connectivity index (χ0n) is 14.3. The van der Waals surface area contributed by atoms with Crippen molar-refractivity contribution < 1.29 is 13.2 Å². The van der Waals surface area contributed by atoms with Gasteiger partial charge in [0.2, 0.25) is 0 Å². The van der Waals surface area contributed by atoms with Gasteiger partial charge in [0.05, 0.1) is 11.4 Å². The van der Waals surface area contributed by atoms with E-state index in [0.717, 1.165) is 0 Å². The Bertz CT molecular complexity index is 1120. The number of sulfonamides is 1. The van der Waals surface area contributed by atoms with Crippen molar-refractivity contribution in [2.75, 3.05) is 4.72 Å². The summed E-state index contributed by atoms with van der Waals surface area (Å²) in [6.45, 7) is 0.183. The first-order valence-corrected chi connectivity index (χ1v) is 9.82. The Labute approximate surface area is 161 Å². The van der Waals surface area contributed by atoms with Crippen LogP contribution in [0.1, 0.15) is 16.2 Å². The van der Waals surface area contributed by atoms with Crippen LogP contribution in [0.15, 0.2) is 59.5 Å². The summed E-state index contributed by atoms with van der Waals surface area (Å²) < 4.78 is 29.4. The Morgan fingerprint density at radius 3 is 2.59 bits per heavy atom. The Morgan fingerprint density at radius 2 is 1.93 bits per heavy atom. The highest BCUT2D eigenvalue weighted by Gasteiger charge is 2.15. The second-order valence-corrected chi connectivity index (χ2v) is 7.76. The molecule has 1 amide bonds. The third kappa shape index (κ3) is 4.41. The zero-order chi connectivity index (χ0) is 19.4. The molecule has 10 heteroatoms. The molecule has 1 aromatic heterocycles. The summed E-state index contributed by atoms with van der Waals surface area (Å²) in [4.78, 5) is 12.5. The van der Waals surface area contributed by atoms with Gasteiger partial charge in [-0.25, -0.2) is 8.42 Å². The fourth-order valence-corrected chi connectivity index (χ4v) is 3.56. The molecule has 3 aromatic rings. The van der Waals surface area contributed by atoms with Gasteiger partial charge in [0.25, 0.3) is 15.9 Å². The molecular weight excluding hydrogens is 386 g/mol. The lowest BCUT2D eigenvalue weighted by Crippen LogP contribution is -2.24. The van der Waals surface area contributed by atoms with Crippen molar-refractivity contribution in [3.8, 4) is 0 Å². The van der Waals surface area contributed by atoms with Crippen molar-refractivity contribution in [3.05, 3.63) is 70.8 Å². The highest BCUT2D eigenvalue weighted by molar-refractivity contribution is 7.92. The predicted molar refractivity (Wildman–Crippen MR) is 103 cm³/mol. The second-order valence-electron chi connectivity index (χ2n) is 5.69. The summed E-state index contributed by atoms with van der Waals surface area (Å²) in [6, 6.07) is 14.3. The number of amides is 1. The lowest BCUT2D eigenvalue weighted by atomic mass is 10.2. The Kier molecular flexibility index (Phi) is 5.38. The van der Waals surface area contributed by atoms with Gasteiger partial charge in [-0.15, -0.1) is 0 Å². The molecule has 3 rings (SSSR count). The van der Waals surface area contributed by atoms with E-state index in [4.69, 9.17) is 12.2 Å². The highest BCUT2D eigenvalue weighted by atomic mass is 32.2. The normalized spacial score (nSPS) is 11.1. The van der Waals surface area contributed by atoms with E-state index in [9.17, 15) is 13.2 Å². The number of nitrogens with zero attached hydrogens (tertiary/aromatic N) is 2. The number of aromatic nitrogens is 3. The van der Waals surface area contributed by atoms with Crippen molar-refractivity contribution in [3.63, 3.8) is 0 Å². The van der Waals surface area contributed by atoms with Crippen LogP contribution in [0.5, 0.6) is 0 Å². The summed E-state index contributed by atoms with van der Waals surface area (Å²) in [6.07, 6.45) is 0. The molecule has 0 aliphatic heterocycles. The van der Waals surface area contributed by atoms with Crippen LogP contribution in [-0.2, 0) is 23.6 Å². The van der Waals surface area contributed by atoms with Crippen molar-refractivity contribution in [2.24, 2.45) is 7.05 Å². The standard InChI is InChI=1S/C17H17N5O3S2/c1-22-15(19-20-17(22)26)11-18-16(23)12-6-5-7-13(10-12)21-27(24,25)14-8-3-2-4-9-14/h2-10,21H,11H2,1H3,(H,18,23)(H,20,26). The lowest BCUT2D eigenvalue weighted by molar-refractivity contribution is 0.0949. The van der Waals surface area contributed by atoms with Gasteiger partial charge < -0.3 is 9.88 Å². The van der Waals surface area contributed by atoms with Gasteiger partial charge in [0.1, 0.15) is 0 Å². The molecular formula is C17H17N5O3S2. The summed E-state index contributed by atoms with van der Waals surface area (Å²) in [5.41, 5.74) is 0.615. The predicted octanol–water partition coefficient (Wildman–Crippen LogP) is 2.21. The number of aromatic amines is 1. The first-order chi connectivity index (χ1) is 12.9. The maximum atomic E-state index is 12.4. The third-order valence-electron chi connectivity index (χ3n) is 3.81. The zero-order valence-corrected chi connectivity index (χ0v) is 16.0. The minimum absolute atomic E-state index is 0.144. The van der Waals surface area contributed by atoms with Crippen LogP contribution in [0, 0.1) is 4.77 Å². The van der Waals surface area contributed by atoms with E-state index in [1.165, 1.54) is 18.2 Å². The van der Waals surface area contributed by atoms with Crippen molar-refractivity contribution in [1.29, 1.82) is 0 Å². The molecule has 0 saturated carbocycles. The van der Waals surface area contributed by atoms with Gasteiger partial charge in [0.15, 0.2) is 10.6 Å². The molecule has 0 saturated heterocycles. The molecule has 0 radical (unpaired) electrons. The van der Waals surface area contributed by atoms with Crippen molar-refractivity contribution in [1.82, 2.24) is 20.1 Å². The molecule has 0 unspecified atom stereocenters. The Morgan fingerprint density at radius 1 is 1.19 bits per heavy atom. The largest absolute Gasteiger partial charge is 0.345 e. The monoisotopic (exact) mass is 403 g/mol. The van der Waals surface area contributed by atoms with Crippen LogP contribution in [0.25, 0.3) is 0 Å². The number of hydrogen-bond acceptors (Lipinski definition) is 5. The first kappa shape index (κ1) is 18.8. The molecule has 0 bridgehead atoms. The van der Waals surface area contributed by atoms with Crippen LogP contribution < -0.4 is 10.0 Å². The van der Waals surface area contributed by atoms with Gasteiger partial charge in [-0.2, -0.15) is 5.10 Å². The highest BCUT2D eigenvalue weighted by Crippen LogP contribution is 2.17. The maximum absolute atomic E-state index is 12.4. The molecule has 2 aromatic carbocycles. The molecule has 27 heavy (non-hydrogen) atoms. The molecule has 140 valence electrons. The minimum atomic E-state index is -3.72. The fraction of sp³-hybridized carbons (Fsp3) is 0.118. The molecule has 1 heterocycles. The van der Waals surface area contributed by atoms with Gasteiger partial charge >= 0.3 is 0 Å². The van der Waals surface area contributed by atoms with E-state index < -0.39 is 10.0 Å². The number of carbonyl (C=O) groups is 1. The smallest absolute Gasteiger partial charge is 0.261 e. The van der Waals surface area contributed by atoms with Crippen LogP contribution in [-0.4, -0.2) is 29.1 Å². The third-order valence-corrected chi connectivity index (χ3v) is 5.57. The van der Waals surface area contributed by atoms with E-state index in [1.54, 1.807) is 48.0 Å². The quantitative estimate of drug-likeness (QED) is 0.547. The average molecular weight is 403 g/mol. The molecule has 0 aliphatic rings. The number of rotatable bonds is 6. The first-order valence-electron chi connectivity index (χ1n) is 7.93. The molecule has 0 fully saturated rings. The number of benzene rings is 2. The van der Waals surface area contributed by atoms with Gasteiger partial charge in [0, 0.05) is 18.3 Å². The van der Waals surface area contributed by atoms with E-state index in [2.05, 4.69) is 20.2 Å². The van der Waals surface area contributed by atoms with Crippen LogP contribution in [0.3, 0.4) is 0 Å². The maximum Gasteiger partial charge on any atom is 0.261 e. The molecule has 3 N–H and O–H groups in total. The molecule has 0 spiro atoms. The molecule has 8 nitrogen and oxygen atoms in total. The number of H-pyrrole nitrogens is 1. The van der Waals surface area contributed by atoms with E-state index in [-0.39, 0.29) is 17.3 Å². The summed E-state index contributed by atoms with van der Waals surface area (Å²) >= 11 is 5.02. The van der Waals surface area contributed by atoms with Gasteiger partial charge in [-0.1, -0.05) is 24.3 Å². The summed E-state index contributed by atoms with van der Waals surface area (Å²) in [7, 11) is -1.98. The SMILES string of the molecule is Cn1c(CNC(=O)c2cccc(NS(=O)(=O)c3ccccc3)c2)n[nH]c1=S. The second kappa shape index (κ2) is 7.72. The molecule has 0 atom stereocenters. The van der Waals surface area contributed by atoms with E-state index >= 15 is 0 Å². The van der Waals surface area contributed by atoms with Crippen LogP contribution >= 0.6 is 12.2 Å². The van der Waals surface area contributed by atoms with Crippen molar-refractivity contribution in [2.45, 2.75) is 11.4 Å². The Hall–Kier alpha value is -2.98. The van der Waals surface area contributed by atoms with Crippen molar-refractivity contribution >= 4 is 33.8 Å². The Balaban J connectivity index is 1.72. The van der Waals surface area contributed by atoms with E-state index in [1.807, 2.05) is 0 Å².